The molecule has 8 heavy (non-hydrogen) atoms. The third-order valence-electron chi connectivity index (χ3n) is 1.12. The van der Waals surface area contributed by atoms with Gasteiger partial charge >= 0.3 is 5.97 Å². The van der Waals surface area contributed by atoms with Crippen molar-refractivity contribution in [3.63, 3.8) is 0 Å². The first kappa shape index (κ1) is 5.78. The number of carboxylic acids is 1. The van der Waals surface area contributed by atoms with Gasteiger partial charge in [0, 0.05) is 0 Å². The number of aliphatic carboxylic acids is 1. The van der Waals surface area contributed by atoms with E-state index in [1.807, 2.05) is 0 Å². The van der Waals surface area contributed by atoms with Crippen LogP contribution in [-0.2, 0) is 4.79 Å². The highest BCUT2D eigenvalue weighted by atomic mass is 28.2. The lowest BCUT2D eigenvalue weighted by Gasteiger charge is -1.99. The molecular weight excluding hydrogens is 122 g/mol. The van der Waals surface area contributed by atoms with Crippen LogP contribution in [0.1, 0.15) is 0 Å². The van der Waals surface area contributed by atoms with Crippen molar-refractivity contribution in [2.45, 2.75) is 12.1 Å². The highest BCUT2D eigenvalue weighted by Gasteiger charge is 2.20. The van der Waals surface area contributed by atoms with Gasteiger partial charge in [0.1, 0.15) is 6.04 Å². The molecule has 0 bridgehead atoms. The van der Waals surface area contributed by atoms with Crippen LogP contribution in [0.3, 0.4) is 0 Å². The molecule has 1 heterocycles. The minimum Gasteiger partial charge on any atom is -0.480 e. The van der Waals surface area contributed by atoms with Gasteiger partial charge in [0.05, 0.1) is 9.52 Å². The topological polar surface area (TPSA) is 49.3 Å². The van der Waals surface area contributed by atoms with Crippen LogP contribution in [0.25, 0.3) is 0 Å². The molecule has 1 fully saturated rings. The fourth-order valence-corrected chi connectivity index (χ4v) is 1.80. The van der Waals surface area contributed by atoms with Crippen molar-refractivity contribution < 1.29 is 9.90 Å². The molecule has 0 spiro atoms. The lowest BCUT2D eigenvalue weighted by atomic mass is 10.4. The quantitative estimate of drug-likeness (QED) is 0.452. The first-order valence-corrected chi connectivity index (χ1v) is 3.89. The molecule has 1 unspecified atom stereocenters. The Morgan fingerprint density at radius 3 is 2.88 bits per heavy atom. The predicted molar refractivity (Wildman–Crippen MR) is 30.0 cm³/mol. The lowest BCUT2D eigenvalue weighted by molar-refractivity contribution is -0.138. The summed E-state index contributed by atoms with van der Waals surface area (Å²) in [6.45, 7) is 0. The minimum atomic E-state index is -0.713. The van der Waals surface area contributed by atoms with E-state index in [0.717, 1.165) is 21.7 Å². The Morgan fingerprint density at radius 1 is 1.88 bits per heavy atom. The van der Waals surface area contributed by atoms with E-state index in [2.05, 4.69) is 5.32 Å². The van der Waals surface area contributed by atoms with Crippen LogP contribution >= 0.6 is 0 Å². The molecule has 1 saturated heterocycles. The van der Waals surface area contributed by atoms with Crippen molar-refractivity contribution in [3.05, 3.63) is 0 Å². The van der Waals surface area contributed by atoms with E-state index in [-0.39, 0.29) is 6.04 Å². The summed E-state index contributed by atoms with van der Waals surface area (Å²) in [5, 5.41) is 11.2. The lowest BCUT2D eigenvalue weighted by Crippen LogP contribution is -2.29. The first-order chi connectivity index (χ1) is 3.80. The molecule has 2 N–H and O–H groups in total. The molecule has 0 saturated carbocycles. The van der Waals surface area contributed by atoms with E-state index < -0.39 is 5.97 Å². The van der Waals surface area contributed by atoms with Crippen LogP contribution in [-0.4, -0.2) is 32.8 Å². The molecule has 0 aliphatic carbocycles. The monoisotopic (exact) mass is 129 g/mol. The van der Waals surface area contributed by atoms with Gasteiger partial charge in [-0.05, 0) is 12.2 Å². The first-order valence-electron chi connectivity index (χ1n) is 2.47. The van der Waals surface area contributed by atoms with Crippen LogP contribution in [0.15, 0.2) is 0 Å². The summed E-state index contributed by atoms with van der Waals surface area (Å²) in [5.74, 6) is -0.713. The third-order valence-corrected chi connectivity index (χ3v) is 2.27. The molecular formula is C4H7NO2Si. The molecule has 44 valence electrons. The summed E-state index contributed by atoms with van der Waals surface area (Å²) in [7, 11) is 0.790. The van der Waals surface area contributed by atoms with E-state index in [1.165, 1.54) is 0 Å². The van der Waals surface area contributed by atoms with Gasteiger partial charge in [-0.1, -0.05) is 0 Å². The molecule has 0 aromatic heterocycles. The van der Waals surface area contributed by atoms with Gasteiger partial charge in [0.15, 0.2) is 0 Å². The van der Waals surface area contributed by atoms with Crippen molar-refractivity contribution in [1.82, 2.24) is 5.32 Å². The summed E-state index contributed by atoms with van der Waals surface area (Å²) in [6, 6.07) is 0.559. The van der Waals surface area contributed by atoms with Crippen molar-refractivity contribution in [1.29, 1.82) is 0 Å². The largest absolute Gasteiger partial charge is 0.480 e. The Labute approximate surface area is 49.9 Å². The van der Waals surface area contributed by atoms with E-state index in [1.54, 1.807) is 0 Å². The van der Waals surface area contributed by atoms with Crippen molar-refractivity contribution in [3.8, 4) is 0 Å². The van der Waals surface area contributed by atoms with E-state index in [0.29, 0.717) is 0 Å². The number of carbonyl (C=O) groups is 1. The molecule has 1 aliphatic rings. The highest BCUT2D eigenvalue weighted by Crippen LogP contribution is 1.97. The highest BCUT2D eigenvalue weighted by molar-refractivity contribution is 6.38. The fourth-order valence-electron chi connectivity index (χ4n) is 0.659. The number of rotatable bonds is 1. The maximum absolute atomic E-state index is 10.1. The average molecular weight is 129 g/mol. The third kappa shape index (κ3) is 1.08. The zero-order chi connectivity index (χ0) is 5.98. The summed E-state index contributed by atoms with van der Waals surface area (Å²) >= 11 is 0. The number of nitrogens with one attached hydrogen (secondary N) is 1. The molecule has 0 aromatic rings. The van der Waals surface area contributed by atoms with Crippen molar-refractivity contribution in [2.75, 3.05) is 6.17 Å². The molecule has 4 heteroatoms. The standard InChI is InChI=1S/C4H7NO2Si/c6-4(7)3-1-8-2-5-3/h3,5H,1-2H2,(H,6,7). The SMILES string of the molecule is O=C(O)C1C[Si]CN1. The maximum Gasteiger partial charge on any atom is 0.320 e. The summed E-state index contributed by atoms with van der Waals surface area (Å²) in [4.78, 5) is 10.1. The summed E-state index contributed by atoms with van der Waals surface area (Å²) in [5.41, 5.74) is 0. The van der Waals surface area contributed by atoms with Crippen LogP contribution in [0.2, 0.25) is 6.04 Å². The average Bonchev–Trinajstić information content (AvgIpc) is 2.12. The van der Waals surface area contributed by atoms with Crippen molar-refractivity contribution >= 4 is 15.5 Å². The Bertz CT molecular complexity index is 100. The van der Waals surface area contributed by atoms with E-state index >= 15 is 0 Å². The van der Waals surface area contributed by atoms with Gasteiger partial charge in [-0.2, -0.15) is 0 Å². The Hall–Kier alpha value is -0.353. The molecule has 0 aromatic carbocycles. The van der Waals surface area contributed by atoms with Crippen LogP contribution < -0.4 is 5.32 Å². The smallest absolute Gasteiger partial charge is 0.320 e. The Kier molecular flexibility index (Phi) is 1.64. The second kappa shape index (κ2) is 2.28. The zero-order valence-corrected chi connectivity index (χ0v) is 5.35. The van der Waals surface area contributed by atoms with Gasteiger partial charge in [-0.3, -0.25) is 4.79 Å². The molecule has 1 atom stereocenters. The van der Waals surface area contributed by atoms with Gasteiger partial charge in [0.2, 0.25) is 0 Å². The van der Waals surface area contributed by atoms with Gasteiger partial charge in [-0.15, -0.1) is 0 Å². The van der Waals surface area contributed by atoms with Crippen molar-refractivity contribution in [2.24, 2.45) is 0 Å². The Morgan fingerprint density at radius 2 is 2.62 bits per heavy atom. The van der Waals surface area contributed by atoms with Crippen LogP contribution in [0.4, 0.5) is 0 Å². The number of hydrogen-bond donors (Lipinski definition) is 2. The zero-order valence-electron chi connectivity index (χ0n) is 4.35. The van der Waals surface area contributed by atoms with E-state index in [4.69, 9.17) is 5.11 Å². The van der Waals surface area contributed by atoms with Gasteiger partial charge < -0.3 is 10.4 Å². The van der Waals surface area contributed by atoms with Crippen LogP contribution in [0.5, 0.6) is 0 Å². The Balaban J connectivity index is 2.35. The van der Waals surface area contributed by atoms with E-state index in [9.17, 15) is 4.79 Å². The minimum absolute atomic E-state index is 0.256. The number of hydrogen-bond acceptors (Lipinski definition) is 2. The molecule has 1 rings (SSSR count). The predicted octanol–water partition coefficient (Wildman–Crippen LogP) is -0.877. The van der Waals surface area contributed by atoms with Gasteiger partial charge in [0.25, 0.3) is 0 Å². The maximum atomic E-state index is 10.1. The normalized spacial score (nSPS) is 28.2. The number of carboxylic acid groups (broad SMARTS) is 1. The molecule has 1 aliphatic heterocycles. The molecule has 2 radical (unpaired) electrons. The summed E-state index contributed by atoms with van der Waals surface area (Å²) < 4.78 is 0. The fraction of sp³-hybridized carbons (Fsp3) is 0.750. The summed E-state index contributed by atoms with van der Waals surface area (Å²) in [6.07, 6.45) is 0.886. The second-order valence-electron chi connectivity index (χ2n) is 1.73. The second-order valence-corrected chi connectivity index (χ2v) is 2.99. The van der Waals surface area contributed by atoms with Crippen LogP contribution in [0, 0.1) is 0 Å². The van der Waals surface area contributed by atoms with Gasteiger partial charge in [-0.25, -0.2) is 0 Å². The molecule has 3 nitrogen and oxygen atoms in total. The molecule has 0 amide bonds.